The van der Waals surface area contributed by atoms with Gasteiger partial charge in [0.15, 0.2) is 11.2 Å². The van der Waals surface area contributed by atoms with Crippen LogP contribution in [-0.2, 0) is 4.79 Å². The lowest BCUT2D eigenvalue weighted by atomic mass is 10.2. The number of non-ortho nitro benzene ring substituents is 1. The molecule has 10 nitrogen and oxygen atoms in total. The number of nitrogens with one attached hydrogen (secondary N) is 3. The smallest absolute Gasteiger partial charge is 0.279 e. The van der Waals surface area contributed by atoms with Gasteiger partial charge in [-0.05, 0) is 43.4 Å². The third-order valence-electron chi connectivity index (χ3n) is 3.68. The minimum absolute atomic E-state index is 0.0690. The first kappa shape index (κ1) is 21.7. The van der Waals surface area contributed by atoms with Crippen LogP contribution in [0.25, 0.3) is 0 Å². The molecule has 2 rings (SSSR count). The number of hydrazine groups is 1. The molecule has 2 aromatic carbocycles. The monoisotopic (exact) mass is 420 g/mol. The number of anilines is 1. The number of rotatable bonds is 7. The van der Waals surface area contributed by atoms with Crippen molar-refractivity contribution in [3.8, 4) is 17.2 Å². The molecule has 0 aromatic heterocycles. The number of methoxy groups -OCH3 is 2. The number of amides is 1. The summed E-state index contributed by atoms with van der Waals surface area (Å²) in [4.78, 5) is 22.3. The molecule has 0 aliphatic carbocycles. The molecular formula is C18H20N4O6S. The molecule has 11 heteroatoms. The number of thiocarbonyl (C=S) groups is 1. The van der Waals surface area contributed by atoms with Crippen molar-refractivity contribution in [1.82, 2.24) is 10.9 Å². The Kier molecular flexibility index (Phi) is 7.54. The normalized spacial score (nSPS) is 11.0. The van der Waals surface area contributed by atoms with E-state index in [4.69, 9.17) is 26.4 Å². The van der Waals surface area contributed by atoms with Crippen molar-refractivity contribution in [2.45, 2.75) is 13.0 Å². The maximum Gasteiger partial charge on any atom is 0.279 e. The summed E-state index contributed by atoms with van der Waals surface area (Å²) in [5, 5.41) is 13.7. The maximum absolute atomic E-state index is 12.2. The molecular weight excluding hydrogens is 400 g/mol. The van der Waals surface area contributed by atoms with Crippen molar-refractivity contribution in [2.24, 2.45) is 0 Å². The molecule has 0 radical (unpaired) electrons. The summed E-state index contributed by atoms with van der Waals surface area (Å²) in [6.45, 7) is 1.53. The highest BCUT2D eigenvalue weighted by Crippen LogP contribution is 2.28. The molecule has 2 aromatic rings. The van der Waals surface area contributed by atoms with E-state index in [1.807, 2.05) is 0 Å². The molecule has 3 N–H and O–H groups in total. The largest absolute Gasteiger partial charge is 0.497 e. The number of carbonyl (C=O) groups excluding carboxylic acids is 1. The van der Waals surface area contributed by atoms with Gasteiger partial charge in [0.1, 0.15) is 17.2 Å². The Labute approximate surface area is 172 Å². The van der Waals surface area contributed by atoms with Crippen molar-refractivity contribution >= 4 is 34.6 Å². The van der Waals surface area contributed by atoms with Gasteiger partial charge in [-0.1, -0.05) is 0 Å². The average Bonchev–Trinajstić information content (AvgIpc) is 2.72. The Bertz CT molecular complexity index is 890. The number of hydrogen-bond acceptors (Lipinski definition) is 7. The van der Waals surface area contributed by atoms with Crippen LogP contribution in [0.15, 0.2) is 42.5 Å². The van der Waals surface area contributed by atoms with E-state index in [1.165, 1.54) is 45.4 Å². The van der Waals surface area contributed by atoms with Crippen LogP contribution in [0.5, 0.6) is 17.2 Å². The van der Waals surface area contributed by atoms with Gasteiger partial charge in [-0.25, -0.2) is 0 Å². The van der Waals surface area contributed by atoms with Gasteiger partial charge in [0.25, 0.3) is 11.6 Å². The Hall–Kier alpha value is -3.60. The minimum Gasteiger partial charge on any atom is -0.497 e. The quantitative estimate of drug-likeness (QED) is 0.352. The summed E-state index contributed by atoms with van der Waals surface area (Å²) in [7, 11) is 3.05. The van der Waals surface area contributed by atoms with E-state index in [0.717, 1.165) is 0 Å². The second-order valence-electron chi connectivity index (χ2n) is 5.65. The lowest BCUT2D eigenvalue weighted by molar-refractivity contribution is -0.384. The van der Waals surface area contributed by atoms with Crippen LogP contribution in [0, 0.1) is 10.1 Å². The highest BCUT2D eigenvalue weighted by molar-refractivity contribution is 7.80. The van der Waals surface area contributed by atoms with E-state index < -0.39 is 16.9 Å². The Morgan fingerprint density at radius 2 is 1.72 bits per heavy atom. The SMILES string of the molecule is COc1ccc(OC)c(NC(=S)NNC(=O)[C@@H](C)Oc2ccc([N+](=O)[O-])cc2)c1. The molecule has 0 saturated heterocycles. The number of benzene rings is 2. The molecule has 1 atom stereocenters. The van der Waals surface area contributed by atoms with Gasteiger partial charge in [-0.2, -0.15) is 0 Å². The number of nitro benzene ring substituents is 1. The van der Waals surface area contributed by atoms with E-state index in [-0.39, 0.29) is 10.8 Å². The Morgan fingerprint density at radius 1 is 1.07 bits per heavy atom. The molecule has 0 unspecified atom stereocenters. The molecule has 0 fully saturated rings. The topological polar surface area (TPSA) is 124 Å². The lowest BCUT2D eigenvalue weighted by Gasteiger charge is -2.17. The summed E-state index contributed by atoms with van der Waals surface area (Å²) >= 11 is 5.16. The van der Waals surface area contributed by atoms with Crippen molar-refractivity contribution in [2.75, 3.05) is 19.5 Å². The number of nitro groups is 1. The molecule has 0 saturated carbocycles. The second-order valence-corrected chi connectivity index (χ2v) is 6.05. The second kappa shape index (κ2) is 10.1. The van der Waals surface area contributed by atoms with Gasteiger partial charge < -0.3 is 19.5 Å². The first-order chi connectivity index (χ1) is 13.8. The van der Waals surface area contributed by atoms with E-state index in [2.05, 4.69) is 16.2 Å². The number of carbonyl (C=O) groups is 1. The highest BCUT2D eigenvalue weighted by atomic mass is 32.1. The molecule has 0 spiro atoms. The third kappa shape index (κ3) is 6.21. The lowest BCUT2D eigenvalue weighted by Crippen LogP contribution is -2.48. The molecule has 0 aliphatic rings. The predicted molar refractivity (Wildman–Crippen MR) is 110 cm³/mol. The number of hydrogen-bond donors (Lipinski definition) is 3. The zero-order valence-corrected chi connectivity index (χ0v) is 16.7. The fourth-order valence-corrected chi connectivity index (χ4v) is 2.35. The molecule has 1 amide bonds. The number of nitrogens with zero attached hydrogens (tertiary/aromatic N) is 1. The van der Waals surface area contributed by atoms with E-state index in [0.29, 0.717) is 22.9 Å². The summed E-state index contributed by atoms with van der Waals surface area (Å²) < 4.78 is 15.9. The van der Waals surface area contributed by atoms with Gasteiger partial charge in [-0.15, -0.1) is 0 Å². The minimum atomic E-state index is -0.877. The van der Waals surface area contributed by atoms with E-state index >= 15 is 0 Å². The molecule has 0 aliphatic heterocycles. The van der Waals surface area contributed by atoms with Gasteiger partial charge in [0.2, 0.25) is 0 Å². The van der Waals surface area contributed by atoms with Crippen molar-refractivity contribution in [3.63, 3.8) is 0 Å². The van der Waals surface area contributed by atoms with Gasteiger partial charge >= 0.3 is 0 Å². The zero-order valence-electron chi connectivity index (χ0n) is 15.9. The van der Waals surface area contributed by atoms with Crippen LogP contribution in [0.4, 0.5) is 11.4 Å². The fourth-order valence-electron chi connectivity index (χ4n) is 2.19. The van der Waals surface area contributed by atoms with Gasteiger partial charge in [0.05, 0.1) is 24.8 Å². The zero-order chi connectivity index (χ0) is 21.4. The Morgan fingerprint density at radius 3 is 2.31 bits per heavy atom. The van der Waals surface area contributed by atoms with Crippen LogP contribution in [0.3, 0.4) is 0 Å². The first-order valence-corrected chi connectivity index (χ1v) is 8.75. The fraction of sp³-hybridized carbons (Fsp3) is 0.222. The average molecular weight is 420 g/mol. The third-order valence-corrected chi connectivity index (χ3v) is 3.89. The van der Waals surface area contributed by atoms with E-state index in [9.17, 15) is 14.9 Å². The van der Waals surface area contributed by atoms with Gasteiger partial charge in [-0.3, -0.25) is 25.8 Å². The highest BCUT2D eigenvalue weighted by Gasteiger charge is 2.16. The van der Waals surface area contributed by atoms with Crippen molar-refractivity contribution in [1.29, 1.82) is 0 Å². The molecule has 0 bridgehead atoms. The summed E-state index contributed by atoms with van der Waals surface area (Å²) in [5.41, 5.74) is 5.47. The first-order valence-electron chi connectivity index (χ1n) is 8.34. The molecule has 154 valence electrons. The van der Waals surface area contributed by atoms with Crippen LogP contribution >= 0.6 is 12.2 Å². The van der Waals surface area contributed by atoms with Crippen LogP contribution in [0.2, 0.25) is 0 Å². The van der Waals surface area contributed by atoms with Crippen LogP contribution in [-0.4, -0.2) is 36.3 Å². The predicted octanol–water partition coefficient (Wildman–Crippen LogP) is 2.40. The van der Waals surface area contributed by atoms with Gasteiger partial charge in [0, 0.05) is 18.2 Å². The summed E-state index contributed by atoms with van der Waals surface area (Å²) in [6, 6.07) is 10.5. The Balaban J connectivity index is 1.87. The van der Waals surface area contributed by atoms with Crippen LogP contribution < -0.4 is 30.4 Å². The van der Waals surface area contributed by atoms with Crippen molar-refractivity contribution in [3.05, 3.63) is 52.6 Å². The van der Waals surface area contributed by atoms with Crippen LogP contribution in [0.1, 0.15) is 6.92 Å². The summed E-state index contributed by atoms with van der Waals surface area (Å²) in [6.07, 6.45) is -0.877. The maximum atomic E-state index is 12.2. The van der Waals surface area contributed by atoms with E-state index in [1.54, 1.807) is 18.2 Å². The number of ether oxygens (including phenoxy) is 3. The standard InChI is InChI=1S/C18H20N4O6S/c1-11(28-13-6-4-12(5-7-13)22(24)25)17(23)20-21-18(29)19-15-10-14(26-2)8-9-16(15)27-3/h4-11H,1-3H3,(H,20,23)(H2,19,21,29)/t11-/m1/s1. The molecule has 29 heavy (non-hydrogen) atoms. The molecule has 0 heterocycles. The summed E-state index contributed by atoms with van der Waals surface area (Å²) in [5.74, 6) is 0.964. The van der Waals surface area contributed by atoms with Crippen molar-refractivity contribution < 1.29 is 23.9 Å².